The quantitative estimate of drug-likeness (QED) is 0.487. The summed E-state index contributed by atoms with van der Waals surface area (Å²) in [6.07, 6.45) is 2.56. The van der Waals surface area contributed by atoms with Crippen molar-refractivity contribution in [3.63, 3.8) is 0 Å². The Morgan fingerprint density at radius 2 is 2.14 bits per heavy atom. The molecule has 0 aromatic heterocycles. The third-order valence-electron chi connectivity index (χ3n) is 0.803. The van der Waals surface area contributed by atoms with Crippen LogP contribution in [0.4, 0.5) is 0 Å². The summed E-state index contributed by atoms with van der Waals surface area (Å²) >= 11 is 0.870. The zero-order chi connectivity index (χ0) is 5.54. The van der Waals surface area contributed by atoms with Gasteiger partial charge in [0.25, 0.3) is 0 Å². The minimum absolute atomic E-state index is 0.870. The first-order valence-electron chi connectivity index (χ1n) is 2.61. The third kappa shape index (κ3) is 6.48. The van der Waals surface area contributed by atoms with E-state index in [0.29, 0.717) is 0 Å². The van der Waals surface area contributed by atoms with Gasteiger partial charge in [0.1, 0.15) is 0 Å². The molecule has 0 bridgehead atoms. The van der Waals surface area contributed by atoms with Gasteiger partial charge in [-0.15, -0.1) is 0 Å². The van der Waals surface area contributed by atoms with Crippen molar-refractivity contribution in [2.75, 3.05) is 6.54 Å². The van der Waals surface area contributed by atoms with Crippen molar-refractivity contribution in [3.8, 4) is 0 Å². The second-order valence-corrected chi connectivity index (χ2v) is 3.56. The van der Waals surface area contributed by atoms with Crippen LogP contribution in [0.3, 0.4) is 0 Å². The van der Waals surface area contributed by atoms with Crippen molar-refractivity contribution in [2.45, 2.75) is 24.0 Å². The van der Waals surface area contributed by atoms with E-state index in [0.717, 1.165) is 21.5 Å². The van der Waals surface area contributed by atoms with E-state index >= 15 is 0 Å². The van der Waals surface area contributed by atoms with E-state index in [2.05, 4.69) is 5.82 Å². The van der Waals surface area contributed by atoms with Gasteiger partial charge in [-0.25, -0.2) is 0 Å². The van der Waals surface area contributed by atoms with Crippen LogP contribution in [0.25, 0.3) is 0 Å². The van der Waals surface area contributed by atoms with Gasteiger partial charge in [-0.3, -0.25) is 0 Å². The zero-order valence-corrected chi connectivity index (χ0v) is 6.53. The fraction of sp³-hybridized carbons (Fsp3) is 1.00. The van der Waals surface area contributed by atoms with Crippen LogP contribution in [-0.4, -0.2) is 21.5 Å². The summed E-state index contributed by atoms with van der Waals surface area (Å²) in [7, 11) is 0. The minimum atomic E-state index is 0.870. The molecule has 2 heteroatoms. The molecule has 0 saturated heterocycles. The zero-order valence-electron chi connectivity index (χ0n) is 4.81. The molecule has 0 radical (unpaired) electrons. The van der Waals surface area contributed by atoms with Crippen LogP contribution in [0.15, 0.2) is 0 Å². The van der Waals surface area contributed by atoms with E-state index in [4.69, 9.17) is 5.73 Å². The van der Waals surface area contributed by atoms with E-state index in [9.17, 15) is 0 Å². The van der Waals surface area contributed by atoms with Gasteiger partial charge in [0.15, 0.2) is 0 Å². The molecule has 0 aromatic carbocycles. The molecule has 0 spiro atoms. The standard InChI is InChI=1S/C5H13NSe/c1-7-5-3-2-4-6/h2-6H2,1H3. The SMILES string of the molecule is C[Se]CCCCN. The molecule has 0 aliphatic heterocycles. The van der Waals surface area contributed by atoms with Crippen molar-refractivity contribution >= 4 is 15.0 Å². The molecular formula is C5H13NSe. The summed E-state index contributed by atoms with van der Waals surface area (Å²) < 4.78 is 0. The topological polar surface area (TPSA) is 26.0 Å². The molecular weight excluding hydrogens is 153 g/mol. The number of rotatable bonds is 4. The monoisotopic (exact) mass is 167 g/mol. The van der Waals surface area contributed by atoms with E-state index in [-0.39, 0.29) is 0 Å². The first-order valence-corrected chi connectivity index (χ1v) is 5.53. The summed E-state index contributed by atoms with van der Waals surface area (Å²) in [6.45, 7) is 0.871. The van der Waals surface area contributed by atoms with Gasteiger partial charge < -0.3 is 0 Å². The Balaban J connectivity index is 2.45. The second kappa shape index (κ2) is 6.48. The van der Waals surface area contributed by atoms with Gasteiger partial charge in [0.2, 0.25) is 0 Å². The molecule has 0 amide bonds. The molecule has 0 aliphatic rings. The van der Waals surface area contributed by atoms with Crippen molar-refractivity contribution < 1.29 is 0 Å². The Morgan fingerprint density at radius 3 is 2.57 bits per heavy atom. The van der Waals surface area contributed by atoms with Gasteiger partial charge in [-0.05, 0) is 0 Å². The number of hydrogen-bond acceptors (Lipinski definition) is 1. The molecule has 0 heterocycles. The first kappa shape index (κ1) is 7.48. The predicted molar refractivity (Wildman–Crippen MR) is 34.7 cm³/mol. The molecule has 0 aliphatic carbocycles. The molecule has 0 rings (SSSR count). The van der Waals surface area contributed by atoms with Gasteiger partial charge in [0.05, 0.1) is 0 Å². The van der Waals surface area contributed by atoms with E-state index in [1.165, 1.54) is 18.2 Å². The molecule has 2 N–H and O–H groups in total. The van der Waals surface area contributed by atoms with Crippen LogP contribution in [0.5, 0.6) is 0 Å². The third-order valence-corrected chi connectivity index (χ3v) is 2.26. The first-order chi connectivity index (χ1) is 3.41. The van der Waals surface area contributed by atoms with Gasteiger partial charge in [0, 0.05) is 0 Å². The summed E-state index contributed by atoms with van der Waals surface area (Å²) in [5.41, 5.74) is 5.28. The average Bonchev–Trinajstić information content (AvgIpc) is 1.69. The Morgan fingerprint density at radius 1 is 1.43 bits per heavy atom. The summed E-state index contributed by atoms with van der Waals surface area (Å²) in [5, 5.41) is 1.41. The van der Waals surface area contributed by atoms with Crippen LogP contribution in [-0.2, 0) is 0 Å². The molecule has 0 fully saturated rings. The second-order valence-electron chi connectivity index (χ2n) is 1.49. The van der Waals surface area contributed by atoms with E-state index in [1.54, 1.807) is 0 Å². The van der Waals surface area contributed by atoms with Crippen molar-refractivity contribution in [2.24, 2.45) is 5.73 Å². The normalized spacial score (nSPS) is 9.43. The van der Waals surface area contributed by atoms with Gasteiger partial charge >= 0.3 is 51.2 Å². The Kier molecular flexibility index (Phi) is 6.92. The molecule has 7 heavy (non-hydrogen) atoms. The molecule has 0 saturated carbocycles. The van der Waals surface area contributed by atoms with Crippen LogP contribution in [0.2, 0.25) is 11.1 Å². The summed E-state index contributed by atoms with van der Waals surface area (Å²) in [6, 6.07) is 0. The summed E-state index contributed by atoms with van der Waals surface area (Å²) in [5.74, 6) is 2.27. The fourth-order valence-corrected chi connectivity index (χ4v) is 1.42. The average molecular weight is 166 g/mol. The molecule has 1 nitrogen and oxygen atoms in total. The number of unbranched alkanes of at least 4 members (excludes halogenated alkanes) is 1. The van der Waals surface area contributed by atoms with Crippen LogP contribution < -0.4 is 5.73 Å². The Bertz CT molecular complexity index is 27.3. The maximum absolute atomic E-state index is 5.28. The molecule has 0 unspecified atom stereocenters. The summed E-state index contributed by atoms with van der Waals surface area (Å²) in [4.78, 5) is 0. The van der Waals surface area contributed by atoms with Crippen molar-refractivity contribution in [3.05, 3.63) is 0 Å². The number of nitrogens with two attached hydrogens (primary N) is 1. The Hall–Kier alpha value is 0.479. The number of hydrogen-bond donors (Lipinski definition) is 1. The molecule has 0 atom stereocenters. The van der Waals surface area contributed by atoms with Crippen LogP contribution >= 0.6 is 0 Å². The van der Waals surface area contributed by atoms with Crippen LogP contribution in [0.1, 0.15) is 12.8 Å². The van der Waals surface area contributed by atoms with Crippen LogP contribution in [0, 0.1) is 0 Å². The van der Waals surface area contributed by atoms with Gasteiger partial charge in [-0.2, -0.15) is 0 Å². The predicted octanol–water partition coefficient (Wildman–Crippen LogP) is 0.896. The Labute approximate surface area is 51.8 Å². The van der Waals surface area contributed by atoms with Crippen molar-refractivity contribution in [1.29, 1.82) is 0 Å². The maximum atomic E-state index is 5.28. The fourth-order valence-electron chi connectivity index (χ4n) is 0.391. The molecule has 44 valence electrons. The van der Waals surface area contributed by atoms with E-state index in [1.807, 2.05) is 0 Å². The van der Waals surface area contributed by atoms with Gasteiger partial charge in [-0.1, -0.05) is 0 Å². The molecule has 0 aromatic rings. The van der Waals surface area contributed by atoms with E-state index < -0.39 is 0 Å². The van der Waals surface area contributed by atoms with Crippen molar-refractivity contribution in [1.82, 2.24) is 0 Å².